The quantitative estimate of drug-likeness (QED) is 0.757. The minimum Gasteiger partial charge on any atom is -0.508 e. The predicted molar refractivity (Wildman–Crippen MR) is 103 cm³/mol. The lowest BCUT2D eigenvalue weighted by molar-refractivity contribution is 0.274. The van der Waals surface area contributed by atoms with Crippen LogP contribution in [0.15, 0.2) is 54.6 Å². The van der Waals surface area contributed by atoms with Crippen molar-refractivity contribution in [2.24, 2.45) is 0 Å². The molecule has 0 bridgehead atoms. The van der Waals surface area contributed by atoms with E-state index >= 15 is 0 Å². The molecule has 0 fully saturated rings. The molecule has 0 atom stereocenters. The molecule has 0 unspecified atom stereocenters. The first-order valence-corrected chi connectivity index (χ1v) is 9.05. The van der Waals surface area contributed by atoms with Crippen molar-refractivity contribution >= 4 is 0 Å². The molecule has 0 spiro atoms. The summed E-state index contributed by atoms with van der Waals surface area (Å²) < 4.78 is 0. The molecule has 132 valence electrons. The van der Waals surface area contributed by atoms with Crippen LogP contribution in [0.25, 0.3) is 11.3 Å². The van der Waals surface area contributed by atoms with E-state index in [1.165, 1.54) is 11.1 Å². The molecule has 1 aliphatic heterocycles. The lowest BCUT2D eigenvalue weighted by Gasteiger charge is -2.14. The zero-order valence-electron chi connectivity index (χ0n) is 15.2. The van der Waals surface area contributed by atoms with Gasteiger partial charge in [0.05, 0.1) is 11.4 Å². The van der Waals surface area contributed by atoms with Gasteiger partial charge in [0, 0.05) is 36.7 Å². The summed E-state index contributed by atoms with van der Waals surface area (Å²) in [6.45, 7) is 6.84. The molecule has 4 heteroatoms. The highest BCUT2D eigenvalue weighted by molar-refractivity contribution is 5.65. The number of aromatic hydroxyl groups is 1. The third-order valence-electron chi connectivity index (χ3n) is 4.77. The Kier molecular flexibility index (Phi) is 4.43. The molecule has 1 aromatic heterocycles. The summed E-state index contributed by atoms with van der Waals surface area (Å²) in [6, 6.07) is 17.8. The highest BCUT2D eigenvalue weighted by Gasteiger charge is 2.26. The first-order chi connectivity index (χ1) is 12.6. The van der Waals surface area contributed by atoms with Crippen LogP contribution in [0.5, 0.6) is 5.75 Å². The molecule has 4 nitrogen and oxygen atoms in total. The van der Waals surface area contributed by atoms with Gasteiger partial charge in [-0.3, -0.25) is 4.90 Å². The van der Waals surface area contributed by atoms with Crippen LogP contribution in [0.1, 0.15) is 42.4 Å². The minimum atomic E-state index is 0.272. The van der Waals surface area contributed by atoms with Crippen molar-refractivity contribution in [1.29, 1.82) is 0 Å². The van der Waals surface area contributed by atoms with Crippen molar-refractivity contribution < 1.29 is 5.11 Å². The molecule has 4 rings (SSSR count). The number of phenolic OH excluding ortho intramolecular Hbond substituents is 1. The number of benzene rings is 2. The molecule has 2 heterocycles. The van der Waals surface area contributed by atoms with E-state index in [-0.39, 0.29) is 11.7 Å². The van der Waals surface area contributed by atoms with Gasteiger partial charge < -0.3 is 5.11 Å². The maximum atomic E-state index is 9.61. The Hall–Kier alpha value is -2.72. The van der Waals surface area contributed by atoms with Crippen LogP contribution >= 0.6 is 0 Å². The number of rotatable bonds is 4. The van der Waals surface area contributed by atoms with Gasteiger partial charge in [-0.05, 0) is 29.8 Å². The maximum Gasteiger partial charge on any atom is 0.131 e. The fraction of sp³-hybridized carbons (Fsp3) is 0.273. The van der Waals surface area contributed by atoms with E-state index in [9.17, 15) is 5.11 Å². The zero-order chi connectivity index (χ0) is 18.1. The average Bonchev–Trinajstić information content (AvgIpc) is 3.04. The number of nitrogens with zero attached hydrogens (tertiary/aromatic N) is 3. The van der Waals surface area contributed by atoms with Crippen molar-refractivity contribution in [3.63, 3.8) is 0 Å². The third-order valence-corrected chi connectivity index (χ3v) is 4.77. The fourth-order valence-corrected chi connectivity index (χ4v) is 3.41. The second-order valence-corrected chi connectivity index (χ2v) is 7.19. The van der Waals surface area contributed by atoms with Crippen molar-refractivity contribution in [3.8, 4) is 17.0 Å². The lowest BCUT2D eigenvalue weighted by atomic mass is 10.0. The number of phenols is 1. The van der Waals surface area contributed by atoms with Crippen LogP contribution < -0.4 is 0 Å². The number of hydrogen-bond acceptors (Lipinski definition) is 4. The molecule has 0 saturated heterocycles. The van der Waals surface area contributed by atoms with Gasteiger partial charge in [-0.1, -0.05) is 44.2 Å². The van der Waals surface area contributed by atoms with Gasteiger partial charge in [0.25, 0.3) is 0 Å². The first-order valence-electron chi connectivity index (χ1n) is 9.05. The van der Waals surface area contributed by atoms with Gasteiger partial charge in [-0.2, -0.15) is 0 Å². The van der Waals surface area contributed by atoms with Gasteiger partial charge in [-0.15, -0.1) is 0 Å². The molecule has 0 radical (unpaired) electrons. The number of fused-ring (bicyclic) bond motifs is 1. The summed E-state index contributed by atoms with van der Waals surface area (Å²) >= 11 is 0. The molecule has 1 aliphatic rings. The Labute approximate surface area is 154 Å². The van der Waals surface area contributed by atoms with E-state index in [0.29, 0.717) is 0 Å². The van der Waals surface area contributed by atoms with E-state index in [4.69, 9.17) is 9.97 Å². The Morgan fingerprint density at radius 2 is 1.69 bits per heavy atom. The smallest absolute Gasteiger partial charge is 0.131 e. The Bertz CT molecular complexity index is 905. The van der Waals surface area contributed by atoms with Gasteiger partial charge in [0.2, 0.25) is 0 Å². The largest absolute Gasteiger partial charge is 0.508 e. The Morgan fingerprint density at radius 1 is 0.962 bits per heavy atom. The lowest BCUT2D eigenvalue weighted by Crippen LogP contribution is -2.15. The highest BCUT2D eigenvalue weighted by atomic mass is 16.3. The zero-order valence-corrected chi connectivity index (χ0v) is 15.2. The summed E-state index contributed by atoms with van der Waals surface area (Å²) in [4.78, 5) is 12.1. The van der Waals surface area contributed by atoms with Crippen LogP contribution in [0.4, 0.5) is 0 Å². The molecule has 1 N–H and O–H groups in total. The number of aromatic nitrogens is 2. The van der Waals surface area contributed by atoms with Crippen molar-refractivity contribution in [1.82, 2.24) is 14.9 Å². The molecule has 0 amide bonds. The van der Waals surface area contributed by atoms with Crippen LogP contribution in [-0.4, -0.2) is 20.0 Å². The van der Waals surface area contributed by atoms with Crippen LogP contribution in [0.2, 0.25) is 0 Å². The standard InChI is InChI=1S/C22H23N3O/c1-15(2)22-23-20-14-25(12-16-6-4-3-5-7-16)13-19(20)21(24-22)17-8-10-18(26)11-9-17/h3-11,15,26H,12-14H2,1-2H3. The normalized spacial score (nSPS) is 14.0. The fourth-order valence-electron chi connectivity index (χ4n) is 3.41. The molecule has 26 heavy (non-hydrogen) atoms. The van der Waals surface area contributed by atoms with Crippen molar-refractivity contribution in [3.05, 3.63) is 77.2 Å². The van der Waals surface area contributed by atoms with Gasteiger partial charge in [0.1, 0.15) is 11.6 Å². The molecule has 3 aromatic rings. The molecule has 2 aromatic carbocycles. The second-order valence-electron chi connectivity index (χ2n) is 7.19. The maximum absolute atomic E-state index is 9.61. The van der Waals surface area contributed by atoms with E-state index in [1.54, 1.807) is 12.1 Å². The predicted octanol–water partition coefficient (Wildman–Crippen LogP) is 4.49. The topological polar surface area (TPSA) is 49.3 Å². The second kappa shape index (κ2) is 6.89. The van der Waals surface area contributed by atoms with E-state index in [1.807, 2.05) is 18.2 Å². The molecular formula is C22H23N3O. The summed E-state index contributed by atoms with van der Waals surface area (Å²) in [5.41, 5.74) is 5.67. The van der Waals surface area contributed by atoms with Crippen LogP contribution in [-0.2, 0) is 19.6 Å². The summed E-state index contributed by atoms with van der Waals surface area (Å²) in [5, 5.41) is 9.61. The van der Waals surface area contributed by atoms with E-state index < -0.39 is 0 Å². The Balaban J connectivity index is 1.70. The van der Waals surface area contributed by atoms with Crippen molar-refractivity contribution in [2.45, 2.75) is 39.4 Å². The third kappa shape index (κ3) is 3.33. The van der Waals surface area contributed by atoms with Gasteiger partial charge >= 0.3 is 0 Å². The highest BCUT2D eigenvalue weighted by Crippen LogP contribution is 2.33. The first kappa shape index (κ1) is 16.7. The van der Waals surface area contributed by atoms with Gasteiger partial charge in [-0.25, -0.2) is 9.97 Å². The SMILES string of the molecule is CC(C)c1nc2c(c(-c3ccc(O)cc3)n1)CN(Cc1ccccc1)C2. The average molecular weight is 345 g/mol. The monoisotopic (exact) mass is 345 g/mol. The molecule has 0 aliphatic carbocycles. The summed E-state index contributed by atoms with van der Waals surface area (Å²) in [7, 11) is 0. The molecular weight excluding hydrogens is 322 g/mol. The number of hydrogen-bond donors (Lipinski definition) is 1. The summed E-state index contributed by atoms with van der Waals surface area (Å²) in [6.07, 6.45) is 0. The van der Waals surface area contributed by atoms with Gasteiger partial charge in [0.15, 0.2) is 0 Å². The van der Waals surface area contributed by atoms with E-state index in [2.05, 4.69) is 43.0 Å². The Morgan fingerprint density at radius 3 is 2.38 bits per heavy atom. The van der Waals surface area contributed by atoms with Crippen LogP contribution in [0, 0.1) is 0 Å². The van der Waals surface area contributed by atoms with E-state index in [0.717, 1.165) is 42.4 Å². The summed E-state index contributed by atoms with van der Waals surface area (Å²) in [5.74, 6) is 1.43. The van der Waals surface area contributed by atoms with Crippen LogP contribution in [0.3, 0.4) is 0 Å². The van der Waals surface area contributed by atoms with Crippen molar-refractivity contribution in [2.75, 3.05) is 0 Å². The minimum absolute atomic E-state index is 0.272. The molecule has 0 saturated carbocycles.